The number of amides is 1. The Balaban J connectivity index is 1.71. The lowest BCUT2D eigenvalue weighted by atomic mass is 10.2. The van der Waals surface area contributed by atoms with E-state index in [1.165, 1.54) is 18.4 Å². The number of methoxy groups -OCH3 is 2. The highest BCUT2D eigenvalue weighted by atomic mass is 32.1. The van der Waals surface area contributed by atoms with Gasteiger partial charge in [0.1, 0.15) is 16.8 Å². The van der Waals surface area contributed by atoms with Gasteiger partial charge in [-0.2, -0.15) is 0 Å². The van der Waals surface area contributed by atoms with Crippen molar-refractivity contribution in [2.45, 2.75) is 6.92 Å². The van der Waals surface area contributed by atoms with Crippen LogP contribution in [0.4, 0.5) is 5.13 Å². The Kier molecular flexibility index (Phi) is 6.40. The van der Waals surface area contributed by atoms with Crippen molar-refractivity contribution in [3.8, 4) is 11.6 Å². The standard InChI is InChI=1S/C21H27N5O4S/c1-14-5-6-16(28-3)17-18(14)31-21(22-17)26(8-7-25-9-11-30-12-10-25)20(27)15-13-24(2)23-19(15)29-4/h5-6,13H,7-12H2,1-4H3. The van der Waals surface area contributed by atoms with Crippen molar-refractivity contribution in [2.75, 3.05) is 58.5 Å². The summed E-state index contributed by atoms with van der Waals surface area (Å²) in [5, 5.41) is 4.87. The molecule has 0 bridgehead atoms. The monoisotopic (exact) mass is 445 g/mol. The van der Waals surface area contributed by atoms with E-state index >= 15 is 0 Å². The topological polar surface area (TPSA) is 82.0 Å². The lowest BCUT2D eigenvalue weighted by Crippen LogP contribution is -2.43. The van der Waals surface area contributed by atoms with E-state index in [0.29, 0.717) is 42.1 Å². The Morgan fingerprint density at radius 2 is 2.03 bits per heavy atom. The number of hydrogen-bond donors (Lipinski definition) is 0. The second-order valence-corrected chi connectivity index (χ2v) is 8.37. The van der Waals surface area contributed by atoms with Crippen LogP contribution in [0.3, 0.4) is 0 Å². The van der Waals surface area contributed by atoms with Gasteiger partial charge in [-0.05, 0) is 18.6 Å². The van der Waals surface area contributed by atoms with Gasteiger partial charge >= 0.3 is 0 Å². The van der Waals surface area contributed by atoms with Crippen LogP contribution < -0.4 is 14.4 Å². The van der Waals surface area contributed by atoms with E-state index < -0.39 is 0 Å². The molecule has 3 aromatic rings. The van der Waals surface area contributed by atoms with Crippen LogP contribution in [0.1, 0.15) is 15.9 Å². The SMILES string of the molecule is COc1nn(C)cc1C(=O)N(CCN1CCOCC1)c1nc2c(OC)ccc(C)c2s1. The number of carbonyl (C=O) groups excluding carboxylic acids is 1. The molecule has 1 aliphatic rings. The van der Waals surface area contributed by atoms with Crippen LogP contribution in [-0.4, -0.2) is 79.2 Å². The van der Waals surface area contributed by atoms with Gasteiger partial charge in [0, 0.05) is 39.4 Å². The van der Waals surface area contributed by atoms with E-state index in [1.54, 1.807) is 29.9 Å². The van der Waals surface area contributed by atoms with Gasteiger partial charge in [-0.25, -0.2) is 4.98 Å². The van der Waals surface area contributed by atoms with Crippen LogP contribution in [0.15, 0.2) is 18.3 Å². The fourth-order valence-electron chi connectivity index (χ4n) is 3.64. The molecule has 0 spiro atoms. The molecule has 0 unspecified atom stereocenters. The average Bonchev–Trinajstić information content (AvgIpc) is 3.39. The second-order valence-electron chi connectivity index (χ2n) is 7.40. The Hall–Kier alpha value is -2.69. The molecule has 2 aromatic heterocycles. The third-order valence-electron chi connectivity index (χ3n) is 5.35. The first-order chi connectivity index (χ1) is 15.0. The zero-order valence-electron chi connectivity index (χ0n) is 18.3. The summed E-state index contributed by atoms with van der Waals surface area (Å²) in [6.45, 7) is 6.38. The Morgan fingerprint density at radius 1 is 1.26 bits per heavy atom. The fourth-order valence-corrected chi connectivity index (χ4v) is 4.72. The van der Waals surface area contributed by atoms with Crippen molar-refractivity contribution in [1.82, 2.24) is 19.7 Å². The van der Waals surface area contributed by atoms with Crippen molar-refractivity contribution in [1.29, 1.82) is 0 Å². The number of hydrogen-bond acceptors (Lipinski definition) is 8. The number of aryl methyl sites for hydroxylation is 2. The van der Waals surface area contributed by atoms with Gasteiger partial charge < -0.3 is 14.2 Å². The highest BCUT2D eigenvalue weighted by Crippen LogP contribution is 2.37. The molecule has 0 N–H and O–H groups in total. The quantitative estimate of drug-likeness (QED) is 0.552. The first-order valence-electron chi connectivity index (χ1n) is 10.2. The summed E-state index contributed by atoms with van der Waals surface area (Å²) in [7, 11) is 4.91. The third kappa shape index (κ3) is 4.36. The molecule has 9 nitrogen and oxygen atoms in total. The second kappa shape index (κ2) is 9.21. The number of benzene rings is 1. The minimum atomic E-state index is -0.186. The number of fused-ring (bicyclic) bond motifs is 1. The minimum Gasteiger partial charge on any atom is -0.494 e. The number of rotatable bonds is 7. The molecule has 0 aliphatic carbocycles. The molecule has 1 amide bonds. The Labute approximate surface area is 185 Å². The Morgan fingerprint density at radius 3 is 2.74 bits per heavy atom. The maximum atomic E-state index is 13.6. The van der Waals surface area contributed by atoms with Crippen molar-refractivity contribution in [3.63, 3.8) is 0 Å². The maximum Gasteiger partial charge on any atom is 0.267 e. The smallest absolute Gasteiger partial charge is 0.267 e. The summed E-state index contributed by atoms with van der Waals surface area (Å²) in [6, 6.07) is 3.92. The molecular weight excluding hydrogens is 418 g/mol. The van der Waals surface area contributed by atoms with Crippen LogP contribution in [0, 0.1) is 6.92 Å². The normalized spacial score (nSPS) is 14.7. The molecule has 1 saturated heterocycles. The number of nitrogens with zero attached hydrogens (tertiary/aromatic N) is 5. The summed E-state index contributed by atoms with van der Waals surface area (Å²) in [4.78, 5) is 22.4. The maximum absolute atomic E-state index is 13.6. The zero-order chi connectivity index (χ0) is 22.0. The number of thiazole rings is 1. The predicted octanol–water partition coefficient (Wildman–Crippen LogP) is 2.33. The van der Waals surface area contributed by atoms with Crippen molar-refractivity contribution in [3.05, 3.63) is 29.5 Å². The van der Waals surface area contributed by atoms with Crippen LogP contribution in [-0.2, 0) is 11.8 Å². The van der Waals surface area contributed by atoms with Gasteiger partial charge in [-0.15, -0.1) is 5.10 Å². The van der Waals surface area contributed by atoms with Gasteiger partial charge in [0.05, 0.1) is 32.1 Å². The molecule has 0 atom stereocenters. The van der Waals surface area contributed by atoms with E-state index in [9.17, 15) is 4.79 Å². The van der Waals surface area contributed by atoms with Crippen LogP contribution >= 0.6 is 11.3 Å². The van der Waals surface area contributed by atoms with Gasteiger partial charge in [-0.1, -0.05) is 17.4 Å². The summed E-state index contributed by atoms with van der Waals surface area (Å²) in [5.74, 6) is 0.815. The number of aromatic nitrogens is 3. The number of carbonyl (C=O) groups is 1. The molecule has 1 aromatic carbocycles. The average molecular weight is 446 g/mol. The first kappa shape index (κ1) is 21.5. The van der Waals surface area contributed by atoms with E-state index in [4.69, 9.17) is 19.2 Å². The van der Waals surface area contributed by atoms with Crippen LogP contribution in [0.5, 0.6) is 11.6 Å². The Bertz CT molecular complexity index is 1070. The predicted molar refractivity (Wildman–Crippen MR) is 120 cm³/mol. The van der Waals surface area contributed by atoms with Gasteiger partial charge in [0.15, 0.2) is 5.13 Å². The van der Waals surface area contributed by atoms with E-state index in [2.05, 4.69) is 10.00 Å². The zero-order valence-corrected chi connectivity index (χ0v) is 19.1. The molecule has 10 heteroatoms. The van der Waals surface area contributed by atoms with Crippen molar-refractivity contribution < 1.29 is 19.0 Å². The molecule has 0 saturated carbocycles. The van der Waals surface area contributed by atoms with Gasteiger partial charge in [0.2, 0.25) is 5.88 Å². The highest BCUT2D eigenvalue weighted by Gasteiger charge is 2.27. The highest BCUT2D eigenvalue weighted by molar-refractivity contribution is 7.22. The van der Waals surface area contributed by atoms with Crippen LogP contribution in [0.25, 0.3) is 10.2 Å². The third-order valence-corrected chi connectivity index (χ3v) is 6.56. The number of ether oxygens (including phenoxy) is 3. The van der Waals surface area contributed by atoms with Gasteiger partial charge in [-0.3, -0.25) is 19.3 Å². The summed E-state index contributed by atoms with van der Waals surface area (Å²) < 4.78 is 18.9. The molecular formula is C21H27N5O4S. The number of morpholine rings is 1. The van der Waals surface area contributed by atoms with E-state index in [-0.39, 0.29) is 5.91 Å². The molecule has 4 rings (SSSR count). The van der Waals surface area contributed by atoms with E-state index in [1.807, 2.05) is 19.1 Å². The molecule has 0 radical (unpaired) electrons. The van der Waals surface area contributed by atoms with E-state index in [0.717, 1.165) is 35.4 Å². The summed E-state index contributed by atoms with van der Waals surface area (Å²) in [6.07, 6.45) is 1.68. The lowest BCUT2D eigenvalue weighted by Gasteiger charge is -2.29. The van der Waals surface area contributed by atoms with Crippen molar-refractivity contribution in [2.24, 2.45) is 7.05 Å². The molecule has 1 aliphatic heterocycles. The molecule has 31 heavy (non-hydrogen) atoms. The molecule has 1 fully saturated rings. The van der Waals surface area contributed by atoms with Gasteiger partial charge in [0.25, 0.3) is 5.91 Å². The number of anilines is 1. The summed E-state index contributed by atoms with van der Waals surface area (Å²) >= 11 is 1.49. The largest absolute Gasteiger partial charge is 0.494 e. The molecule has 166 valence electrons. The first-order valence-corrected chi connectivity index (χ1v) is 11.0. The van der Waals surface area contributed by atoms with Crippen molar-refractivity contribution >= 4 is 32.6 Å². The fraction of sp³-hybridized carbons (Fsp3) is 0.476. The summed E-state index contributed by atoms with van der Waals surface area (Å²) in [5.41, 5.74) is 2.28. The minimum absolute atomic E-state index is 0.186. The van der Waals surface area contributed by atoms with Crippen LogP contribution in [0.2, 0.25) is 0 Å². The molecule has 3 heterocycles. The lowest BCUT2D eigenvalue weighted by molar-refractivity contribution is 0.0391.